The number of hydrogen-bond acceptors (Lipinski definition) is 5. The number of hydrogen-bond donors (Lipinski definition) is 3. The van der Waals surface area contributed by atoms with Crippen molar-refractivity contribution < 1.29 is 14.6 Å². The smallest absolute Gasteiger partial charge is 0.264 e. The van der Waals surface area contributed by atoms with E-state index in [4.69, 9.17) is 16.3 Å². The standard InChI is InChI=1S/C22H23ClN4O3/c1-12(28)18-11-17-15(2-3-25-21(17)26-18)16-10-14(23)8-13-9-19(30-20(13)16)22(29)27-6-4-24-5-7-27/h2-3,8,10-12,19,24,28H,4-7,9H2,1H3,(H,25,26)/t12-,19+/m1/s1. The first-order valence-corrected chi connectivity index (χ1v) is 10.5. The molecule has 2 aliphatic heterocycles. The van der Waals surface area contributed by atoms with Crippen LogP contribution >= 0.6 is 11.6 Å². The van der Waals surface area contributed by atoms with Gasteiger partial charge in [0.15, 0.2) is 6.10 Å². The number of aromatic nitrogens is 2. The van der Waals surface area contributed by atoms with Crippen molar-refractivity contribution in [1.29, 1.82) is 0 Å². The minimum atomic E-state index is -0.630. The number of nitrogens with one attached hydrogen (secondary N) is 2. The van der Waals surface area contributed by atoms with Crippen LogP contribution in [-0.4, -0.2) is 58.2 Å². The summed E-state index contributed by atoms with van der Waals surface area (Å²) >= 11 is 6.44. The second-order valence-electron chi connectivity index (χ2n) is 7.85. The number of pyridine rings is 1. The minimum absolute atomic E-state index is 0.0210. The van der Waals surface area contributed by atoms with Gasteiger partial charge in [0.2, 0.25) is 0 Å². The number of ether oxygens (including phenoxy) is 1. The number of rotatable bonds is 3. The molecule has 5 rings (SSSR count). The zero-order valence-corrected chi connectivity index (χ0v) is 17.4. The molecule has 1 saturated heterocycles. The number of aliphatic hydroxyl groups excluding tert-OH is 1. The average molecular weight is 427 g/mol. The monoisotopic (exact) mass is 426 g/mol. The van der Waals surface area contributed by atoms with Gasteiger partial charge in [-0.25, -0.2) is 4.98 Å². The summed E-state index contributed by atoms with van der Waals surface area (Å²) in [6.45, 7) is 4.70. The van der Waals surface area contributed by atoms with E-state index in [9.17, 15) is 9.90 Å². The number of aliphatic hydroxyl groups is 1. The number of piperazine rings is 1. The van der Waals surface area contributed by atoms with Gasteiger partial charge in [-0.3, -0.25) is 4.79 Å². The van der Waals surface area contributed by atoms with Crippen LogP contribution in [0.5, 0.6) is 5.75 Å². The Hall–Kier alpha value is -2.61. The van der Waals surface area contributed by atoms with E-state index in [0.717, 1.165) is 35.2 Å². The van der Waals surface area contributed by atoms with Crippen LogP contribution in [0, 0.1) is 0 Å². The average Bonchev–Trinajstić information content (AvgIpc) is 3.37. The van der Waals surface area contributed by atoms with Crippen molar-refractivity contribution in [2.24, 2.45) is 0 Å². The summed E-state index contributed by atoms with van der Waals surface area (Å²) in [6.07, 6.45) is 1.05. The molecule has 30 heavy (non-hydrogen) atoms. The molecule has 3 N–H and O–H groups in total. The van der Waals surface area contributed by atoms with Crippen LogP contribution in [0.15, 0.2) is 30.5 Å². The third-order valence-electron chi connectivity index (χ3n) is 5.79. The highest BCUT2D eigenvalue weighted by molar-refractivity contribution is 6.31. The van der Waals surface area contributed by atoms with Gasteiger partial charge in [0.1, 0.15) is 11.4 Å². The maximum absolute atomic E-state index is 13.0. The van der Waals surface area contributed by atoms with Crippen molar-refractivity contribution in [2.45, 2.75) is 25.6 Å². The third kappa shape index (κ3) is 3.33. The fourth-order valence-corrected chi connectivity index (χ4v) is 4.50. The van der Waals surface area contributed by atoms with Crippen LogP contribution in [-0.2, 0) is 11.2 Å². The highest BCUT2D eigenvalue weighted by atomic mass is 35.5. The number of H-pyrrole nitrogens is 1. The van der Waals surface area contributed by atoms with Gasteiger partial charge in [0, 0.05) is 66.0 Å². The van der Waals surface area contributed by atoms with Gasteiger partial charge in [-0.15, -0.1) is 0 Å². The topological polar surface area (TPSA) is 90.5 Å². The molecule has 4 heterocycles. The number of fused-ring (bicyclic) bond motifs is 2. The molecule has 3 aromatic rings. The van der Waals surface area contributed by atoms with Crippen molar-refractivity contribution in [3.8, 4) is 16.9 Å². The van der Waals surface area contributed by atoms with Crippen LogP contribution in [0.2, 0.25) is 5.02 Å². The van der Waals surface area contributed by atoms with Gasteiger partial charge < -0.3 is 25.0 Å². The zero-order valence-electron chi connectivity index (χ0n) is 16.6. The molecule has 2 aliphatic rings. The molecule has 1 aromatic carbocycles. The molecule has 0 unspecified atom stereocenters. The molecular weight excluding hydrogens is 404 g/mol. The van der Waals surface area contributed by atoms with Crippen molar-refractivity contribution in [1.82, 2.24) is 20.2 Å². The van der Waals surface area contributed by atoms with Crippen LogP contribution in [0.4, 0.5) is 0 Å². The van der Waals surface area contributed by atoms with E-state index >= 15 is 0 Å². The normalized spacial score (nSPS) is 19.6. The molecule has 0 saturated carbocycles. The molecule has 1 fully saturated rings. The lowest BCUT2D eigenvalue weighted by Crippen LogP contribution is -2.50. The number of carbonyl (C=O) groups is 1. The summed E-state index contributed by atoms with van der Waals surface area (Å²) in [6, 6.07) is 7.54. The number of benzene rings is 1. The van der Waals surface area contributed by atoms with E-state index in [-0.39, 0.29) is 5.91 Å². The Labute approximate surface area is 179 Å². The van der Waals surface area contributed by atoms with Crippen molar-refractivity contribution in [3.63, 3.8) is 0 Å². The zero-order chi connectivity index (χ0) is 20.8. The Bertz CT molecular complexity index is 1120. The van der Waals surface area contributed by atoms with Crippen molar-refractivity contribution >= 4 is 28.5 Å². The first-order valence-electron chi connectivity index (χ1n) is 10.2. The molecule has 0 radical (unpaired) electrons. The first-order chi connectivity index (χ1) is 14.5. The largest absolute Gasteiger partial charge is 0.479 e. The SMILES string of the molecule is C[C@@H](O)c1cc2c(-c3cc(Cl)cc4c3O[C@H](C(=O)N3CCNCC3)C4)ccnc2[nH]1. The number of halogens is 1. The highest BCUT2D eigenvalue weighted by Crippen LogP contribution is 2.43. The lowest BCUT2D eigenvalue weighted by atomic mass is 9.99. The second-order valence-corrected chi connectivity index (χ2v) is 8.29. The maximum Gasteiger partial charge on any atom is 0.264 e. The number of amides is 1. The number of carbonyl (C=O) groups excluding carboxylic acids is 1. The summed E-state index contributed by atoms with van der Waals surface area (Å²) in [7, 11) is 0. The van der Waals surface area contributed by atoms with Crippen LogP contribution < -0.4 is 10.1 Å². The van der Waals surface area contributed by atoms with Crippen molar-refractivity contribution in [3.05, 3.63) is 46.7 Å². The lowest BCUT2D eigenvalue weighted by Gasteiger charge is -2.29. The molecule has 1 amide bonds. The number of nitrogens with zero attached hydrogens (tertiary/aromatic N) is 2. The summed E-state index contributed by atoms with van der Waals surface area (Å²) in [4.78, 5) is 22.4. The predicted molar refractivity (Wildman–Crippen MR) is 115 cm³/mol. The van der Waals surface area contributed by atoms with Gasteiger partial charge in [0.25, 0.3) is 5.91 Å². The fraction of sp³-hybridized carbons (Fsp3) is 0.364. The van der Waals surface area contributed by atoms with Gasteiger partial charge in [0.05, 0.1) is 6.10 Å². The Kier molecular flexibility index (Phi) is 4.89. The molecule has 0 spiro atoms. The molecule has 156 valence electrons. The van der Waals surface area contributed by atoms with Gasteiger partial charge in [-0.1, -0.05) is 11.6 Å². The minimum Gasteiger partial charge on any atom is -0.479 e. The summed E-state index contributed by atoms with van der Waals surface area (Å²) < 4.78 is 6.22. The quantitative estimate of drug-likeness (QED) is 0.599. The summed E-state index contributed by atoms with van der Waals surface area (Å²) in [5.74, 6) is 0.716. The van der Waals surface area contributed by atoms with Crippen molar-refractivity contribution in [2.75, 3.05) is 26.2 Å². The molecule has 0 aliphatic carbocycles. The molecule has 8 heteroatoms. The Morgan fingerprint density at radius 2 is 2.10 bits per heavy atom. The molecule has 2 atom stereocenters. The lowest BCUT2D eigenvalue weighted by molar-refractivity contribution is -0.138. The highest BCUT2D eigenvalue weighted by Gasteiger charge is 2.35. The van der Waals surface area contributed by atoms with E-state index in [2.05, 4.69) is 15.3 Å². The van der Waals surface area contributed by atoms with Gasteiger partial charge in [-0.2, -0.15) is 0 Å². The maximum atomic E-state index is 13.0. The van der Waals surface area contributed by atoms with E-state index in [1.165, 1.54) is 0 Å². The predicted octanol–water partition coefficient (Wildman–Crippen LogP) is 2.67. The van der Waals surface area contributed by atoms with Gasteiger partial charge in [-0.05, 0) is 36.8 Å². The number of aromatic amines is 1. The third-order valence-corrected chi connectivity index (χ3v) is 6.01. The molecule has 2 aromatic heterocycles. The summed E-state index contributed by atoms with van der Waals surface area (Å²) in [5.41, 5.74) is 4.04. The molecular formula is C22H23ClN4O3. The Morgan fingerprint density at radius 3 is 2.87 bits per heavy atom. The fourth-order valence-electron chi connectivity index (χ4n) is 4.26. The molecule has 7 nitrogen and oxygen atoms in total. The van der Waals surface area contributed by atoms with E-state index < -0.39 is 12.2 Å². The van der Waals surface area contributed by atoms with E-state index in [1.807, 2.05) is 29.2 Å². The Balaban J connectivity index is 1.54. The second kappa shape index (κ2) is 7.58. The van der Waals surface area contributed by atoms with Gasteiger partial charge >= 0.3 is 0 Å². The van der Waals surface area contributed by atoms with Crippen LogP contribution in [0.25, 0.3) is 22.2 Å². The molecule has 0 bridgehead atoms. The first kappa shape index (κ1) is 19.4. The Morgan fingerprint density at radius 1 is 1.30 bits per heavy atom. The summed E-state index contributed by atoms with van der Waals surface area (Å²) in [5, 5.41) is 14.7. The van der Waals surface area contributed by atoms with Crippen LogP contribution in [0.3, 0.4) is 0 Å². The van der Waals surface area contributed by atoms with E-state index in [1.54, 1.807) is 13.1 Å². The van der Waals surface area contributed by atoms with Crippen LogP contribution in [0.1, 0.15) is 24.3 Å². The van der Waals surface area contributed by atoms with E-state index in [0.29, 0.717) is 41.6 Å².